The molecule has 1 amide bonds. The van der Waals surface area contributed by atoms with Crippen molar-refractivity contribution in [2.45, 2.75) is 6.42 Å². The van der Waals surface area contributed by atoms with E-state index in [2.05, 4.69) is 10.3 Å². The molecule has 3 aromatic rings. The van der Waals surface area contributed by atoms with Crippen LogP contribution in [0.25, 0.3) is 22.2 Å². The molecule has 2 aromatic carbocycles. The van der Waals surface area contributed by atoms with Gasteiger partial charge in [0.2, 0.25) is 5.91 Å². The number of aromatic nitrogens is 3. The van der Waals surface area contributed by atoms with Crippen LogP contribution in [0.4, 0.5) is 5.69 Å². The molecule has 1 N–H and O–H groups in total. The highest BCUT2D eigenvalue weighted by Crippen LogP contribution is 2.28. The van der Waals surface area contributed by atoms with Gasteiger partial charge in [0.05, 0.1) is 5.52 Å². The lowest BCUT2D eigenvalue weighted by Crippen LogP contribution is -2.24. The first-order valence-electron chi connectivity index (χ1n) is 7.97. The topological polar surface area (TPSA) is 71.2 Å². The van der Waals surface area contributed by atoms with Crippen LogP contribution < -0.4 is 4.90 Å². The summed E-state index contributed by atoms with van der Waals surface area (Å²) >= 11 is 0. The van der Waals surface area contributed by atoms with Crippen molar-refractivity contribution in [3.8, 4) is 11.1 Å². The number of hydrogen-bond donors (Lipinski definition) is 1. The number of aryl methyl sites for hydroxylation is 1. The lowest BCUT2D eigenvalue weighted by molar-refractivity contribution is -0.117. The van der Waals surface area contributed by atoms with Crippen LogP contribution in [-0.2, 0) is 11.8 Å². The summed E-state index contributed by atoms with van der Waals surface area (Å²) in [5.41, 5.74) is 4.86. The number of aliphatic hydroxyl groups excluding tert-OH is 1. The molecule has 4 rings (SSSR count). The van der Waals surface area contributed by atoms with E-state index >= 15 is 0 Å². The smallest absolute Gasteiger partial charge is 0.227 e. The quantitative estimate of drug-likeness (QED) is 0.800. The van der Waals surface area contributed by atoms with Gasteiger partial charge in [0.15, 0.2) is 0 Å². The van der Waals surface area contributed by atoms with Gasteiger partial charge < -0.3 is 10.0 Å². The van der Waals surface area contributed by atoms with Gasteiger partial charge in [-0.1, -0.05) is 23.4 Å². The van der Waals surface area contributed by atoms with Gasteiger partial charge in [0.1, 0.15) is 5.52 Å². The Bertz CT molecular complexity index is 901. The molecule has 122 valence electrons. The van der Waals surface area contributed by atoms with Crippen LogP contribution in [0.15, 0.2) is 42.5 Å². The Hall–Kier alpha value is -2.73. The Balaban J connectivity index is 1.62. The molecule has 6 nitrogen and oxygen atoms in total. The highest BCUT2D eigenvalue weighted by molar-refractivity contribution is 5.96. The summed E-state index contributed by atoms with van der Waals surface area (Å²) in [6.07, 6.45) is 0.418. The van der Waals surface area contributed by atoms with Crippen LogP contribution in [0.3, 0.4) is 0 Å². The zero-order valence-electron chi connectivity index (χ0n) is 13.4. The van der Waals surface area contributed by atoms with Crippen molar-refractivity contribution in [1.29, 1.82) is 0 Å². The Morgan fingerprint density at radius 2 is 1.92 bits per heavy atom. The zero-order valence-corrected chi connectivity index (χ0v) is 13.4. The third-order valence-electron chi connectivity index (χ3n) is 4.59. The normalized spacial score (nSPS) is 17.8. The molecule has 0 radical (unpaired) electrons. The molecule has 1 unspecified atom stereocenters. The predicted octanol–water partition coefficient (Wildman–Crippen LogP) is 1.98. The molecule has 1 aliphatic heterocycles. The van der Waals surface area contributed by atoms with Crippen LogP contribution in [0.2, 0.25) is 0 Å². The Kier molecular flexibility index (Phi) is 3.54. The van der Waals surface area contributed by atoms with E-state index in [1.807, 2.05) is 49.5 Å². The summed E-state index contributed by atoms with van der Waals surface area (Å²) in [7, 11) is 1.87. The number of nitrogens with zero attached hydrogens (tertiary/aromatic N) is 4. The molecule has 1 saturated heterocycles. The van der Waals surface area contributed by atoms with E-state index in [4.69, 9.17) is 0 Å². The number of aliphatic hydroxyl groups is 1. The van der Waals surface area contributed by atoms with Gasteiger partial charge >= 0.3 is 0 Å². The summed E-state index contributed by atoms with van der Waals surface area (Å²) in [5.74, 6) is 0.110. The number of hydrogen-bond acceptors (Lipinski definition) is 4. The number of carbonyl (C=O) groups excluding carboxylic acids is 1. The van der Waals surface area contributed by atoms with E-state index in [1.54, 1.807) is 9.58 Å². The van der Waals surface area contributed by atoms with Crippen molar-refractivity contribution < 1.29 is 9.90 Å². The summed E-state index contributed by atoms with van der Waals surface area (Å²) < 4.78 is 1.75. The molecule has 0 spiro atoms. The van der Waals surface area contributed by atoms with E-state index < -0.39 is 0 Å². The maximum absolute atomic E-state index is 12.0. The van der Waals surface area contributed by atoms with E-state index in [-0.39, 0.29) is 18.4 Å². The molecule has 1 aliphatic rings. The third-order valence-corrected chi connectivity index (χ3v) is 4.59. The minimum Gasteiger partial charge on any atom is -0.396 e. The lowest BCUT2D eigenvalue weighted by Gasteiger charge is -2.17. The van der Waals surface area contributed by atoms with Crippen LogP contribution in [0.5, 0.6) is 0 Å². The monoisotopic (exact) mass is 322 g/mol. The summed E-state index contributed by atoms with van der Waals surface area (Å²) in [5, 5.41) is 17.4. The van der Waals surface area contributed by atoms with E-state index in [9.17, 15) is 9.90 Å². The minimum atomic E-state index is 0.0382. The summed E-state index contributed by atoms with van der Waals surface area (Å²) in [6, 6.07) is 14.0. The largest absolute Gasteiger partial charge is 0.396 e. The van der Waals surface area contributed by atoms with Gasteiger partial charge in [0.25, 0.3) is 0 Å². The number of amides is 1. The van der Waals surface area contributed by atoms with Crippen LogP contribution in [-0.4, -0.2) is 39.2 Å². The van der Waals surface area contributed by atoms with E-state index in [0.29, 0.717) is 13.0 Å². The van der Waals surface area contributed by atoms with Gasteiger partial charge in [0, 0.05) is 38.2 Å². The molecule has 2 heterocycles. The Morgan fingerprint density at radius 3 is 2.62 bits per heavy atom. The first kappa shape index (κ1) is 14.8. The highest BCUT2D eigenvalue weighted by Gasteiger charge is 2.29. The fourth-order valence-electron chi connectivity index (χ4n) is 3.21. The second kappa shape index (κ2) is 5.72. The number of benzene rings is 2. The molecule has 1 fully saturated rings. The second-order valence-electron chi connectivity index (χ2n) is 6.22. The average molecular weight is 322 g/mol. The molecule has 6 heteroatoms. The number of anilines is 1. The molecular weight excluding hydrogens is 304 g/mol. The van der Waals surface area contributed by atoms with Crippen LogP contribution in [0.1, 0.15) is 6.42 Å². The second-order valence-corrected chi connectivity index (χ2v) is 6.22. The number of carbonyl (C=O) groups is 1. The first-order valence-corrected chi connectivity index (χ1v) is 7.97. The predicted molar refractivity (Wildman–Crippen MR) is 91.5 cm³/mol. The SMILES string of the molecule is Cn1nnc2cc(-c3ccc(N4CC(CO)CC4=O)cc3)ccc21. The fourth-order valence-corrected chi connectivity index (χ4v) is 3.21. The third kappa shape index (κ3) is 2.45. The van der Waals surface area contributed by atoms with Crippen molar-refractivity contribution in [1.82, 2.24) is 15.0 Å². The average Bonchev–Trinajstić information content (AvgIpc) is 3.18. The molecule has 0 saturated carbocycles. The van der Waals surface area contributed by atoms with Crippen molar-refractivity contribution in [3.05, 3.63) is 42.5 Å². The fraction of sp³-hybridized carbons (Fsp3) is 0.278. The van der Waals surface area contributed by atoms with Crippen LogP contribution in [0, 0.1) is 5.92 Å². The maximum atomic E-state index is 12.0. The zero-order chi connectivity index (χ0) is 16.7. The molecular formula is C18H18N4O2. The van der Waals surface area contributed by atoms with Crippen molar-refractivity contribution in [2.75, 3.05) is 18.1 Å². The van der Waals surface area contributed by atoms with Crippen molar-refractivity contribution in [3.63, 3.8) is 0 Å². The highest BCUT2D eigenvalue weighted by atomic mass is 16.3. The van der Waals surface area contributed by atoms with E-state index in [0.717, 1.165) is 27.8 Å². The van der Waals surface area contributed by atoms with Gasteiger partial charge in [-0.05, 0) is 35.4 Å². The maximum Gasteiger partial charge on any atom is 0.227 e. The van der Waals surface area contributed by atoms with Crippen LogP contribution >= 0.6 is 0 Å². The van der Waals surface area contributed by atoms with Crippen molar-refractivity contribution in [2.24, 2.45) is 13.0 Å². The molecule has 1 atom stereocenters. The van der Waals surface area contributed by atoms with Crippen molar-refractivity contribution >= 4 is 22.6 Å². The van der Waals surface area contributed by atoms with E-state index in [1.165, 1.54) is 0 Å². The van der Waals surface area contributed by atoms with Gasteiger partial charge in [-0.25, -0.2) is 4.68 Å². The minimum absolute atomic E-state index is 0.0382. The molecule has 24 heavy (non-hydrogen) atoms. The molecule has 0 bridgehead atoms. The lowest BCUT2D eigenvalue weighted by atomic mass is 10.0. The van der Waals surface area contributed by atoms with Gasteiger partial charge in [-0.3, -0.25) is 4.79 Å². The molecule has 1 aromatic heterocycles. The standard InChI is InChI=1S/C18H18N4O2/c1-21-17-7-4-14(9-16(17)19-20-21)13-2-5-15(6-3-13)22-10-12(11-23)8-18(22)24/h2-7,9,12,23H,8,10-11H2,1H3. The summed E-state index contributed by atoms with van der Waals surface area (Å²) in [6.45, 7) is 0.638. The Labute approximate surface area is 139 Å². The number of fused-ring (bicyclic) bond motifs is 1. The van der Waals surface area contributed by atoms with Gasteiger partial charge in [-0.2, -0.15) is 0 Å². The Morgan fingerprint density at radius 1 is 1.17 bits per heavy atom. The van der Waals surface area contributed by atoms with Gasteiger partial charge in [-0.15, -0.1) is 5.10 Å². The first-order chi connectivity index (χ1) is 11.7. The summed E-state index contributed by atoms with van der Waals surface area (Å²) in [4.78, 5) is 13.8. The molecule has 0 aliphatic carbocycles. The number of rotatable bonds is 3.